The van der Waals surface area contributed by atoms with Crippen molar-refractivity contribution >= 4 is 31.5 Å². The van der Waals surface area contributed by atoms with Crippen molar-refractivity contribution in [3.63, 3.8) is 0 Å². The van der Waals surface area contributed by atoms with Gasteiger partial charge in [0.1, 0.15) is 4.90 Å². The number of carbonyl (C=O) groups is 1. The number of anilines is 1. The molecule has 1 aliphatic rings. The molecule has 0 spiro atoms. The molecule has 0 radical (unpaired) electrons. The number of rotatable bonds is 4. The third-order valence-corrected chi connectivity index (χ3v) is 5.74. The van der Waals surface area contributed by atoms with Gasteiger partial charge in [-0.25, -0.2) is 26.4 Å². The number of benzene rings is 1. The average Bonchev–Trinajstić information content (AvgIpc) is 2.67. The number of hydrogen-bond donors (Lipinski definition) is 3. The topological polar surface area (TPSA) is 144 Å². The molecule has 8 nitrogen and oxygen atoms in total. The standard InChI is InChI=1S/C11H12N2O6S2/c12-9-5-7(11(14)15)1-2-10(9)21(18,19)13-8-3-4-20(16,17)6-8/h1-5,8,13H,6,12H2,(H,14,15). The Morgan fingerprint density at radius 2 is 2.05 bits per heavy atom. The molecular formula is C11H12N2O6S2. The maximum absolute atomic E-state index is 12.1. The molecule has 1 heterocycles. The van der Waals surface area contributed by atoms with Crippen LogP contribution in [0.1, 0.15) is 10.4 Å². The van der Waals surface area contributed by atoms with Gasteiger partial charge in [0, 0.05) is 5.41 Å². The zero-order valence-electron chi connectivity index (χ0n) is 10.6. The predicted molar refractivity (Wildman–Crippen MR) is 74.9 cm³/mol. The van der Waals surface area contributed by atoms with Gasteiger partial charge >= 0.3 is 5.97 Å². The lowest BCUT2D eigenvalue weighted by atomic mass is 10.2. The number of nitrogens with two attached hydrogens (primary N) is 1. The van der Waals surface area contributed by atoms with Crippen molar-refractivity contribution in [2.75, 3.05) is 11.5 Å². The van der Waals surface area contributed by atoms with Crippen LogP contribution in [0.15, 0.2) is 34.6 Å². The van der Waals surface area contributed by atoms with E-state index in [2.05, 4.69) is 4.72 Å². The molecule has 0 amide bonds. The van der Waals surface area contributed by atoms with E-state index in [4.69, 9.17) is 10.8 Å². The zero-order chi connectivity index (χ0) is 15.8. The number of aromatic carboxylic acids is 1. The van der Waals surface area contributed by atoms with Crippen LogP contribution in [-0.4, -0.2) is 39.7 Å². The molecule has 1 aromatic carbocycles. The largest absolute Gasteiger partial charge is 0.478 e. The van der Waals surface area contributed by atoms with Crippen LogP contribution in [0.25, 0.3) is 0 Å². The van der Waals surface area contributed by atoms with Gasteiger partial charge in [0.15, 0.2) is 9.84 Å². The van der Waals surface area contributed by atoms with Crippen molar-refractivity contribution in [1.82, 2.24) is 4.72 Å². The third kappa shape index (κ3) is 3.40. The molecule has 1 aromatic rings. The second-order valence-electron chi connectivity index (χ2n) is 4.44. The van der Waals surface area contributed by atoms with E-state index in [-0.39, 0.29) is 21.9 Å². The molecule has 4 N–H and O–H groups in total. The highest BCUT2D eigenvalue weighted by molar-refractivity contribution is 7.94. The van der Waals surface area contributed by atoms with E-state index in [9.17, 15) is 21.6 Å². The van der Waals surface area contributed by atoms with Crippen LogP contribution < -0.4 is 10.5 Å². The fraction of sp³-hybridized carbons (Fsp3) is 0.182. The molecule has 0 fully saturated rings. The summed E-state index contributed by atoms with van der Waals surface area (Å²) in [5.41, 5.74) is 5.18. The van der Waals surface area contributed by atoms with Crippen LogP contribution >= 0.6 is 0 Å². The molecule has 0 saturated heterocycles. The Hall–Kier alpha value is -1.91. The molecule has 1 unspecified atom stereocenters. The highest BCUT2D eigenvalue weighted by Gasteiger charge is 2.28. The molecule has 0 aromatic heterocycles. The maximum Gasteiger partial charge on any atom is 0.335 e. The summed E-state index contributed by atoms with van der Waals surface area (Å²) in [7, 11) is -7.45. The molecule has 1 aliphatic heterocycles. The lowest BCUT2D eigenvalue weighted by molar-refractivity contribution is 0.0697. The lowest BCUT2D eigenvalue weighted by Gasteiger charge is -2.12. The van der Waals surface area contributed by atoms with Crippen molar-refractivity contribution < 1.29 is 26.7 Å². The molecule has 10 heteroatoms. The summed E-state index contributed by atoms with van der Waals surface area (Å²) in [4.78, 5) is 10.5. The minimum absolute atomic E-state index is 0.144. The highest BCUT2D eigenvalue weighted by atomic mass is 32.2. The van der Waals surface area contributed by atoms with Crippen LogP contribution in [0, 0.1) is 0 Å². The number of carboxylic acids is 1. The second kappa shape index (κ2) is 5.13. The summed E-state index contributed by atoms with van der Waals surface area (Å²) >= 11 is 0. The number of sulfone groups is 1. The fourth-order valence-corrected chi connectivity index (χ4v) is 4.48. The first-order valence-corrected chi connectivity index (χ1v) is 8.87. The van der Waals surface area contributed by atoms with Gasteiger partial charge in [0.25, 0.3) is 0 Å². The number of nitrogen functional groups attached to an aromatic ring is 1. The van der Waals surface area contributed by atoms with E-state index in [1.165, 1.54) is 6.08 Å². The maximum atomic E-state index is 12.1. The Balaban J connectivity index is 2.29. The Morgan fingerprint density at radius 3 is 2.52 bits per heavy atom. The predicted octanol–water partition coefficient (Wildman–Crippen LogP) is -0.444. The lowest BCUT2D eigenvalue weighted by Crippen LogP contribution is -2.35. The quantitative estimate of drug-likeness (QED) is 0.634. The van der Waals surface area contributed by atoms with Crippen LogP contribution in [0.4, 0.5) is 5.69 Å². The minimum Gasteiger partial charge on any atom is -0.478 e. The molecular weight excluding hydrogens is 320 g/mol. The molecule has 1 atom stereocenters. The summed E-state index contributed by atoms with van der Waals surface area (Å²) in [5.74, 6) is -1.59. The number of carboxylic acid groups (broad SMARTS) is 1. The van der Waals surface area contributed by atoms with E-state index < -0.39 is 31.9 Å². The molecule has 0 saturated carbocycles. The molecule has 114 valence electrons. The molecule has 21 heavy (non-hydrogen) atoms. The van der Waals surface area contributed by atoms with Gasteiger partial charge in [-0.3, -0.25) is 0 Å². The second-order valence-corrected chi connectivity index (χ2v) is 8.06. The van der Waals surface area contributed by atoms with Gasteiger partial charge in [-0.05, 0) is 18.2 Å². The van der Waals surface area contributed by atoms with Crippen molar-refractivity contribution in [1.29, 1.82) is 0 Å². The number of sulfonamides is 1. The number of nitrogens with one attached hydrogen (secondary N) is 1. The van der Waals surface area contributed by atoms with Crippen LogP contribution in [0.3, 0.4) is 0 Å². The van der Waals surface area contributed by atoms with E-state index in [1.807, 2.05) is 0 Å². The first-order valence-electron chi connectivity index (χ1n) is 5.67. The normalized spacial score (nSPS) is 20.5. The monoisotopic (exact) mass is 332 g/mol. The molecule has 0 bridgehead atoms. The summed E-state index contributed by atoms with van der Waals surface area (Å²) in [6.45, 7) is 0. The summed E-state index contributed by atoms with van der Waals surface area (Å²) in [6.07, 6.45) is 1.23. The van der Waals surface area contributed by atoms with Gasteiger partial charge in [-0.2, -0.15) is 0 Å². The minimum atomic E-state index is -4.05. The summed E-state index contributed by atoms with van der Waals surface area (Å²) in [5, 5.41) is 9.74. The van der Waals surface area contributed by atoms with Gasteiger partial charge < -0.3 is 10.8 Å². The summed E-state index contributed by atoms with van der Waals surface area (Å²) < 4.78 is 48.9. The fourth-order valence-electron chi connectivity index (χ4n) is 1.84. The smallest absolute Gasteiger partial charge is 0.335 e. The molecule has 2 rings (SSSR count). The van der Waals surface area contributed by atoms with Crippen molar-refractivity contribution in [3.8, 4) is 0 Å². The Bertz CT molecular complexity index is 826. The van der Waals surface area contributed by atoms with Gasteiger partial charge in [0.2, 0.25) is 10.0 Å². The highest BCUT2D eigenvalue weighted by Crippen LogP contribution is 2.21. The molecule has 0 aliphatic carbocycles. The van der Waals surface area contributed by atoms with E-state index in [1.54, 1.807) is 0 Å². The summed E-state index contributed by atoms with van der Waals surface area (Å²) in [6, 6.07) is 2.32. The van der Waals surface area contributed by atoms with Gasteiger partial charge in [-0.15, -0.1) is 0 Å². The first kappa shape index (κ1) is 15.5. The Kier molecular flexibility index (Phi) is 3.78. The van der Waals surface area contributed by atoms with E-state index in [0.717, 1.165) is 23.6 Å². The van der Waals surface area contributed by atoms with Gasteiger partial charge in [0.05, 0.1) is 23.0 Å². The van der Waals surface area contributed by atoms with Crippen LogP contribution in [-0.2, 0) is 19.9 Å². The van der Waals surface area contributed by atoms with Crippen LogP contribution in [0.2, 0.25) is 0 Å². The van der Waals surface area contributed by atoms with Crippen molar-refractivity contribution in [3.05, 3.63) is 35.2 Å². The third-order valence-electron chi connectivity index (χ3n) is 2.78. The Morgan fingerprint density at radius 1 is 1.38 bits per heavy atom. The first-order chi connectivity index (χ1) is 9.61. The van der Waals surface area contributed by atoms with E-state index >= 15 is 0 Å². The van der Waals surface area contributed by atoms with Gasteiger partial charge in [-0.1, -0.05) is 6.08 Å². The SMILES string of the molecule is Nc1cc(C(=O)O)ccc1S(=O)(=O)NC1C=CS(=O)(=O)C1. The van der Waals surface area contributed by atoms with Crippen molar-refractivity contribution in [2.24, 2.45) is 0 Å². The van der Waals surface area contributed by atoms with Crippen molar-refractivity contribution in [2.45, 2.75) is 10.9 Å². The zero-order valence-corrected chi connectivity index (χ0v) is 12.2. The number of hydrogen-bond acceptors (Lipinski definition) is 6. The average molecular weight is 332 g/mol. The van der Waals surface area contributed by atoms with Crippen LogP contribution in [0.5, 0.6) is 0 Å². The van der Waals surface area contributed by atoms with E-state index in [0.29, 0.717) is 0 Å². The Labute approximate surface area is 121 Å².